The van der Waals surface area contributed by atoms with E-state index >= 15 is 0 Å². The molecule has 0 aromatic carbocycles. The summed E-state index contributed by atoms with van der Waals surface area (Å²) in [5, 5.41) is 0. The highest BCUT2D eigenvalue weighted by Crippen LogP contribution is 2.34. The largest absolute Gasteiger partial charge is 0.0917 e. The van der Waals surface area contributed by atoms with Crippen LogP contribution in [0.15, 0.2) is 12.2 Å². The van der Waals surface area contributed by atoms with Crippen molar-refractivity contribution >= 4 is 0 Å². The molecule has 0 aliphatic carbocycles. The van der Waals surface area contributed by atoms with Crippen molar-refractivity contribution in [3.63, 3.8) is 0 Å². The molecule has 0 heterocycles. The van der Waals surface area contributed by atoms with E-state index in [-0.39, 0.29) is 0 Å². The van der Waals surface area contributed by atoms with Gasteiger partial charge in [0.2, 0.25) is 0 Å². The fourth-order valence-electron chi connectivity index (χ4n) is 2.90. The lowest BCUT2D eigenvalue weighted by molar-refractivity contribution is 0.194. The molecule has 18 heavy (non-hydrogen) atoms. The highest BCUT2D eigenvalue weighted by molar-refractivity contribution is 4.84. The minimum atomic E-state index is 0.801. The highest BCUT2D eigenvalue weighted by Gasteiger charge is 2.24. The molecular formula is C18H36. The molecule has 4 atom stereocenters. The van der Waals surface area contributed by atoms with E-state index in [4.69, 9.17) is 0 Å². The van der Waals surface area contributed by atoms with Gasteiger partial charge in [-0.25, -0.2) is 0 Å². The van der Waals surface area contributed by atoms with Gasteiger partial charge in [-0.2, -0.15) is 0 Å². The first-order valence-electron chi connectivity index (χ1n) is 8.08. The van der Waals surface area contributed by atoms with Crippen molar-refractivity contribution in [2.24, 2.45) is 29.6 Å². The summed E-state index contributed by atoms with van der Waals surface area (Å²) in [5.41, 5.74) is 0. The van der Waals surface area contributed by atoms with Gasteiger partial charge in [0.15, 0.2) is 0 Å². The summed E-state index contributed by atoms with van der Waals surface area (Å²) in [4.78, 5) is 0. The highest BCUT2D eigenvalue weighted by atomic mass is 14.3. The lowest BCUT2D eigenvalue weighted by atomic mass is 9.74. The maximum Gasteiger partial charge on any atom is -0.0320 e. The first kappa shape index (κ1) is 17.7. The second-order valence-electron chi connectivity index (χ2n) is 6.46. The van der Waals surface area contributed by atoms with Crippen LogP contribution in [0.3, 0.4) is 0 Å². The third kappa shape index (κ3) is 6.07. The van der Waals surface area contributed by atoms with Crippen LogP contribution in [-0.2, 0) is 0 Å². The van der Waals surface area contributed by atoms with Gasteiger partial charge in [0, 0.05) is 0 Å². The molecule has 0 aliphatic rings. The summed E-state index contributed by atoms with van der Waals surface area (Å²) >= 11 is 0. The Labute approximate surface area is 116 Å². The van der Waals surface area contributed by atoms with Crippen molar-refractivity contribution < 1.29 is 0 Å². The first-order valence-corrected chi connectivity index (χ1v) is 8.08. The third-order valence-electron chi connectivity index (χ3n) is 5.05. The van der Waals surface area contributed by atoms with Crippen LogP contribution in [0.2, 0.25) is 0 Å². The van der Waals surface area contributed by atoms with Crippen molar-refractivity contribution in [3.05, 3.63) is 12.2 Å². The molecular weight excluding hydrogens is 216 g/mol. The summed E-state index contributed by atoms with van der Waals surface area (Å²) in [6.45, 7) is 16.5. The number of hydrogen-bond donors (Lipinski definition) is 0. The Morgan fingerprint density at radius 3 is 1.89 bits per heavy atom. The molecule has 0 fully saturated rings. The molecule has 4 unspecified atom stereocenters. The van der Waals surface area contributed by atoms with Crippen molar-refractivity contribution in [1.29, 1.82) is 0 Å². The summed E-state index contributed by atoms with van der Waals surface area (Å²) in [6.07, 6.45) is 9.92. The van der Waals surface area contributed by atoms with Crippen LogP contribution in [0.1, 0.15) is 74.1 Å². The Balaban J connectivity index is 4.64. The standard InChI is InChI=1S/C18H36/c1-8-11-12-18(16(7)14(4)5)13-17(10-3)15(6)9-2/h8,11,14-18H,9-10,12-13H2,1-7H3. The van der Waals surface area contributed by atoms with Crippen molar-refractivity contribution in [3.8, 4) is 0 Å². The van der Waals surface area contributed by atoms with Crippen LogP contribution >= 0.6 is 0 Å². The average Bonchev–Trinajstić information content (AvgIpc) is 2.37. The van der Waals surface area contributed by atoms with Gasteiger partial charge in [0.1, 0.15) is 0 Å². The fourth-order valence-corrected chi connectivity index (χ4v) is 2.90. The molecule has 0 aromatic rings. The Kier molecular flexibility index (Phi) is 9.50. The van der Waals surface area contributed by atoms with Gasteiger partial charge in [-0.15, -0.1) is 0 Å². The summed E-state index contributed by atoms with van der Waals surface area (Å²) < 4.78 is 0. The van der Waals surface area contributed by atoms with E-state index in [1.165, 1.54) is 25.7 Å². The van der Waals surface area contributed by atoms with Crippen LogP contribution < -0.4 is 0 Å². The zero-order valence-electron chi connectivity index (χ0n) is 13.9. The second-order valence-corrected chi connectivity index (χ2v) is 6.46. The Hall–Kier alpha value is -0.260. The Bertz CT molecular complexity index is 214. The topological polar surface area (TPSA) is 0 Å². The molecule has 0 spiro atoms. The molecule has 0 aromatic heterocycles. The molecule has 108 valence electrons. The zero-order chi connectivity index (χ0) is 14.1. The maximum atomic E-state index is 2.45. The lowest BCUT2D eigenvalue weighted by Gasteiger charge is -2.32. The van der Waals surface area contributed by atoms with E-state index in [1.807, 2.05) is 0 Å². The van der Waals surface area contributed by atoms with Gasteiger partial charge in [0.05, 0.1) is 0 Å². The quantitative estimate of drug-likeness (QED) is 0.421. The van der Waals surface area contributed by atoms with E-state index in [2.05, 4.69) is 60.6 Å². The smallest absolute Gasteiger partial charge is 0.0320 e. The predicted molar refractivity (Wildman–Crippen MR) is 84.8 cm³/mol. The molecule has 0 radical (unpaired) electrons. The van der Waals surface area contributed by atoms with Crippen molar-refractivity contribution in [2.45, 2.75) is 74.1 Å². The van der Waals surface area contributed by atoms with Crippen LogP contribution in [0.5, 0.6) is 0 Å². The van der Waals surface area contributed by atoms with Gasteiger partial charge in [-0.3, -0.25) is 0 Å². The number of hydrogen-bond acceptors (Lipinski definition) is 0. The third-order valence-corrected chi connectivity index (χ3v) is 5.05. The minimum Gasteiger partial charge on any atom is -0.0917 e. The van der Waals surface area contributed by atoms with Crippen LogP contribution in [-0.4, -0.2) is 0 Å². The monoisotopic (exact) mass is 252 g/mol. The first-order chi connectivity index (χ1) is 8.47. The van der Waals surface area contributed by atoms with Crippen molar-refractivity contribution in [1.82, 2.24) is 0 Å². The van der Waals surface area contributed by atoms with E-state index in [0.717, 1.165) is 29.6 Å². The number of allylic oxidation sites excluding steroid dienone is 2. The molecule has 0 nitrogen and oxygen atoms in total. The normalized spacial score (nSPS) is 19.1. The molecule has 0 amide bonds. The molecule has 0 saturated carbocycles. The second kappa shape index (κ2) is 9.64. The molecule has 0 aliphatic heterocycles. The van der Waals surface area contributed by atoms with Crippen LogP contribution in [0.4, 0.5) is 0 Å². The van der Waals surface area contributed by atoms with Gasteiger partial charge >= 0.3 is 0 Å². The average molecular weight is 252 g/mol. The van der Waals surface area contributed by atoms with Crippen LogP contribution in [0, 0.1) is 29.6 Å². The Morgan fingerprint density at radius 2 is 1.50 bits per heavy atom. The Morgan fingerprint density at radius 1 is 0.889 bits per heavy atom. The van der Waals surface area contributed by atoms with Crippen LogP contribution in [0.25, 0.3) is 0 Å². The van der Waals surface area contributed by atoms with E-state index in [9.17, 15) is 0 Å². The summed E-state index contributed by atoms with van der Waals surface area (Å²) in [6, 6.07) is 0. The van der Waals surface area contributed by atoms with Crippen molar-refractivity contribution in [2.75, 3.05) is 0 Å². The maximum absolute atomic E-state index is 2.45. The molecule has 0 rings (SSSR count). The van der Waals surface area contributed by atoms with E-state index in [1.54, 1.807) is 0 Å². The SMILES string of the molecule is CC=CCC(CC(CC)C(C)CC)C(C)C(C)C. The number of rotatable bonds is 9. The van der Waals surface area contributed by atoms with Gasteiger partial charge in [-0.05, 0) is 49.4 Å². The fraction of sp³-hybridized carbons (Fsp3) is 0.889. The zero-order valence-corrected chi connectivity index (χ0v) is 13.9. The predicted octanol–water partition coefficient (Wildman–Crippen LogP) is 6.32. The molecule has 0 saturated heterocycles. The van der Waals surface area contributed by atoms with E-state index < -0.39 is 0 Å². The van der Waals surface area contributed by atoms with Gasteiger partial charge < -0.3 is 0 Å². The van der Waals surface area contributed by atoms with E-state index in [0.29, 0.717) is 0 Å². The van der Waals surface area contributed by atoms with Gasteiger partial charge in [-0.1, -0.05) is 66.5 Å². The molecule has 0 bridgehead atoms. The summed E-state index contributed by atoms with van der Waals surface area (Å²) in [7, 11) is 0. The molecule has 0 N–H and O–H groups in total. The van der Waals surface area contributed by atoms with Gasteiger partial charge in [0.25, 0.3) is 0 Å². The lowest BCUT2D eigenvalue weighted by Crippen LogP contribution is -2.22. The summed E-state index contributed by atoms with van der Waals surface area (Å²) in [5.74, 6) is 4.28. The molecule has 0 heteroatoms. The minimum absolute atomic E-state index is 0.801.